The van der Waals surface area contributed by atoms with Crippen LogP contribution in [0.25, 0.3) is 0 Å². The largest absolute Gasteiger partial charge is 0.340 e. The molecule has 27 heavy (non-hydrogen) atoms. The van der Waals surface area contributed by atoms with Gasteiger partial charge in [0.2, 0.25) is 6.35 Å². The van der Waals surface area contributed by atoms with E-state index in [1.807, 2.05) is 24.3 Å². The van der Waals surface area contributed by atoms with Crippen molar-refractivity contribution in [1.82, 2.24) is 0 Å². The first-order valence-electron chi connectivity index (χ1n) is 8.27. The van der Waals surface area contributed by atoms with Crippen LogP contribution < -0.4 is 9.80 Å². The molecule has 1 fully saturated rings. The van der Waals surface area contributed by atoms with E-state index < -0.39 is 0 Å². The minimum absolute atomic E-state index is 0.156. The van der Waals surface area contributed by atoms with Crippen molar-refractivity contribution in [3.63, 3.8) is 0 Å². The van der Waals surface area contributed by atoms with E-state index >= 15 is 0 Å². The van der Waals surface area contributed by atoms with E-state index in [1.54, 1.807) is 0 Å². The van der Waals surface area contributed by atoms with Crippen molar-refractivity contribution < 1.29 is 4.74 Å². The molecule has 1 aliphatic heterocycles. The van der Waals surface area contributed by atoms with E-state index in [0.29, 0.717) is 6.61 Å². The third kappa shape index (κ3) is 5.23. The molecular weight excluding hydrogens is 839 g/mol. The van der Waals surface area contributed by atoms with Crippen LogP contribution in [0.4, 0.5) is 11.4 Å². The van der Waals surface area contributed by atoms with Gasteiger partial charge >= 0.3 is 0 Å². The van der Waals surface area contributed by atoms with Crippen LogP contribution in [-0.4, -0.2) is 26.0 Å². The van der Waals surface area contributed by atoms with Crippen LogP contribution >= 0.6 is 114 Å². The smallest absolute Gasteiger partial charge is 0.210 e. The molecule has 0 bridgehead atoms. The van der Waals surface area contributed by atoms with Crippen LogP contribution in [0.1, 0.15) is 13.3 Å². The van der Waals surface area contributed by atoms with E-state index in [2.05, 4.69) is 107 Å². The van der Waals surface area contributed by atoms with Crippen LogP contribution in [-0.2, 0) is 4.74 Å². The summed E-state index contributed by atoms with van der Waals surface area (Å²) in [4.78, 5) is 4.69. The zero-order valence-corrected chi connectivity index (χ0v) is 24.4. The summed E-state index contributed by atoms with van der Waals surface area (Å²) in [6, 6.07) is 8.04. The third-order valence-electron chi connectivity index (χ3n) is 4.12. The lowest BCUT2D eigenvalue weighted by Gasteiger charge is -2.34. The Morgan fingerprint density at radius 3 is 1.56 bits per heavy atom. The molecule has 0 aliphatic carbocycles. The predicted molar refractivity (Wildman–Crippen MR) is 148 cm³/mol. The molecule has 2 aromatic rings. The topological polar surface area (TPSA) is 15.7 Å². The standard InChI is InChI=1S/C18H16Cl2I4N2O/c1-2-5-27-18-25(16-12(21)6-10(19)7-13(16)22)3-4-26(18)17-14(23)8-11(20)9-15(17)24/h6-9,18H,2-5H2,1H3. The number of anilines is 2. The average Bonchev–Trinajstić information content (AvgIpc) is 2.94. The highest BCUT2D eigenvalue weighted by Crippen LogP contribution is 2.40. The molecule has 2 aromatic carbocycles. The first kappa shape index (κ1) is 23.2. The van der Waals surface area contributed by atoms with Crippen molar-refractivity contribution in [2.24, 2.45) is 0 Å². The van der Waals surface area contributed by atoms with Crippen molar-refractivity contribution in [3.8, 4) is 0 Å². The Kier molecular flexibility index (Phi) is 8.76. The van der Waals surface area contributed by atoms with E-state index in [9.17, 15) is 0 Å². The minimum Gasteiger partial charge on any atom is -0.340 e. The number of rotatable bonds is 5. The Hall–Kier alpha value is 1.50. The molecule has 1 aliphatic rings. The second-order valence-corrected chi connectivity index (χ2v) is 11.5. The summed E-state index contributed by atoms with van der Waals surface area (Å²) in [7, 11) is 0. The molecule has 3 nitrogen and oxygen atoms in total. The lowest BCUT2D eigenvalue weighted by atomic mass is 10.3. The summed E-state index contributed by atoms with van der Waals surface area (Å²) in [5, 5.41) is 1.52. The van der Waals surface area contributed by atoms with Crippen molar-refractivity contribution in [3.05, 3.63) is 48.6 Å². The van der Waals surface area contributed by atoms with Gasteiger partial charge in [0.15, 0.2) is 0 Å². The SMILES string of the molecule is CCCOC1N(c2c(I)cc(Cl)cc2I)CCN1c1c(I)cc(Cl)cc1I. The molecule has 146 valence electrons. The van der Waals surface area contributed by atoms with Crippen LogP contribution in [0.3, 0.4) is 0 Å². The number of ether oxygens (including phenoxy) is 1. The first-order chi connectivity index (χ1) is 12.8. The van der Waals surface area contributed by atoms with Gasteiger partial charge < -0.3 is 14.5 Å². The molecule has 0 amide bonds. The lowest BCUT2D eigenvalue weighted by molar-refractivity contribution is 0.0630. The fourth-order valence-electron chi connectivity index (χ4n) is 3.07. The summed E-state index contributed by atoms with van der Waals surface area (Å²) >= 11 is 21.9. The lowest BCUT2D eigenvalue weighted by Crippen LogP contribution is -2.42. The van der Waals surface area contributed by atoms with Gasteiger partial charge in [0.1, 0.15) is 0 Å². The van der Waals surface area contributed by atoms with E-state index in [1.165, 1.54) is 11.4 Å². The summed E-state index contributed by atoms with van der Waals surface area (Å²) < 4.78 is 10.9. The number of benzene rings is 2. The van der Waals surface area contributed by atoms with Gasteiger partial charge in [0.25, 0.3) is 0 Å². The molecule has 0 N–H and O–H groups in total. The Balaban J connectivity index is 2.04. The Morgan fingerprint density at radius 2 is 1.22 bits per heavy atom. The molecule has 0 saturated carbocycles. The molecule has 3 rings (SSSR count). The van der Waals surface area contributed by atoms with Gasteiger partial charge in [-0.1, -0.05) is 30.1 Å². The fraction of sp³-hybridized carbons (Fsp3) is 0.333. The Labute approximate surface area is 224 Å². The number of nitrogens with zero attached hydrogens (tertiary/aromatic N) is 2. The summed E-state index contributed by atoms with van der Waals surface area (Å²) in [5.41, 5.74) is 2.37. The van der Waals surface area contributed by atoms with Crippen molar-refractivity contribution in [2.45, 2.75) is 19.7 Å². The second kappa shape index (κ2) is 10.2. The van der Waals surface area contributed by atoms with E-state index in [0.717, 1.165) is 43.8 Å². The second-order valence-electron chi connectivity index (χ2n) is 6.02. The zero-order chi connectivity index (χ0) is 19.7. The highest BCUT2D eigenvalue weighted by Gasteiger charge is 2.36. The Morgan fingerprint density at radius 1 is 0.852 bits per heavy atom. The van der Waals surface area contributed by atoms with Gasteiger partial charge in [-0.05, 0) is 121 Å². The maximum atomic E-state index is 6.34. The number of hydrogen-bond donors (Lipinski definition) is 0. The van der Waals surface area contributed by atoms with Crippen molar-refractivity contribution >= 4 is 125 Å². The van der Waals surface area contributed by atoms with Crippen LogP contribution in [0.5, 0.6) is 0 Å². The van der Waals surface area contributed by atoms with Crippen molar-refractivity contribution in [2.75, 3.05) is 29.5 Å². The van der Waals surface area contributed by atoms with Gasteiger partial charge in [0.05, 0.1) is 18.0 Å². The number of hydrogen-bond acceptors (Lipinski definition) is 3. The first-order valence-corrected chi connectivity index (χ1v) is 13.3. The van der Waals surface area contributed by atoms with E-state index in [4.69, 9.17) is 27.9 Å². The molecule has 1 saturated heterocycles. The molecule has 1 heterocycles. The summed E-state index contributed by atoms with van der Waals surface area (Å²) in [6.45, 7) is 4.61. The summed E-state index contributed by atoms with van der Waals surface area (Å²) in [6.07, 6.45) is 0.818. The maximum Gasteiger partial charge on any atom is 0.210 e. The van der Waals surface area contributed by atoms with Crippen LogP contribution in [0.2, 0.25) is 10.0 Å². The zero-order valence-electron chi connectivity index (χ0n) is 14.3. The van der Waals surface area contributed by atoms with Gasteiger partial charge in [-0.2, -0.15) is 0 Å². The normalized spacial score (nSPS) is 15.1. The monoisotopic (exact) mass is 854 g/mol. The third-order valence-corrected chi connectivity index (χ3v) is 7.85. The Bertz CT molecular complexity index is 741. The van der Waals surface area contributed by atoms with Crippen molar-refractivity contribution in [1.29, 1.82) is 0 Å². The predicted octanol–water partition coefficient (Wildman–Crippen LogP) is 7.45. The van der Waals surface area contributed by atoms with Crippen LogP contribution in [0, 0.1) is 14.3 Å². The number of halogens is 6. The van der Waals surface area contributed by atoms with Gasteiger partial charge in [0, 0.05) is 37.4 Å². The van der Waals surface area contributed by atoms with E-state index in [-0.39, 0.29) is 6.35 Å². The molecule has 0 unspecified atom stereocenters. The average molecular weight is 855 g/mol. The molecule has 0 aromatic heterocycles. The highest BCUT2D eigenvalue weighted by molar-refractivity contribution is 14.1. The fourth-order valence-corrected chi connectivity index (χ4v) is 9.02. The van der Waals surface area contributed by atoms with Gasteiger partial charge in [-0.25, -0.2) is 0 Å². The minimum atomic E-state index is -0.156. The molecule has 0 radical (unpaired) electrons. The summed E-state index contributed by atoms with van der Waals surface area (Å²) in [5.74, 6) is 0. The van der Waals surface area contributed by atoms with Gasteiger partial charge in [-0.15, -0.1) is 0 Å². The quantitative estimate of drug-likeness (QED) is 0.291. The molecule has 0 atom stereocenters. The van der Waals surface area contributed by atoms with Gasteiger partial charge in [-0.3, -0.25) is 0 Å². The molecular formula is C18H16Cl2I4N2O. The molecule has 0 spiro atoms. The molecule has 9 heteroatoms. The van der Waals surface area contributed by atoms with Crippen LogP contribution in [0.15, 0.2) is 24.3 Å². The maximum absolute atomic E-state index is 6.34. The highest BCUT2D eigenvalue weighted by atomic mass is 127.